The van der Waals surface area contributed by atoms with Crippen molar-refractivity contribution in [2.75, 3.05) is 19.3 Å². The second kappa shape index (κ2) is 5.61. The Balaban J connectivity index is 1.81. The summed E-state index contributed by atoms with van der Waals surface area (Å²) in [4.78, 5) is 24.9. The fourth-order valence-corrected chi connectivity index (χ4v) is 3.36. The van der Waals surface area contributed by atoms with Gasteiger partial charge in [-0.15, -0.1) is 0 Å². The van der Waals surface area contributed by atoms with Gasteiger partial charge in [-0.05, 0) is 38.9 Å². The number of carboxylic acids is 1. The summed E-state index contributed by atoms with van der Waals surface area (Å²) < 4.78 is 0.262. The van der Waals surface area contributed by atoms with Crippen LogP contribution in [0.5, 0.6) is 0 Å². The van der Waals surface area contributed by atoms with Gasteiger partial charge in [0.15, 0.2) is 0 Å². The molecular weight excluding hydrogens is 264 g/mol. The molecule has 2 aliphatic rings. The number of nitrogens with one attached hydrogen (secondary N) is 1. The number of aliphatic carboxylic acids is 1. The molecule has 0 bridgehead atoms. The predicted octanol–water partition coefficient (Wildman–Crippen LogP) is 1.78. The maximum absolute atomic E-state index is 12.1. The Labute approximate surface area is 118 Å². The van der Waals surface area contributed by atoms with Crippen molar-refractivity contribution < 1.29 is 14.7 Å². The lowest BCUT2D eigenvalue weighted by molar-refractivity contribution is -0.143. The first-order chi connectivity index (χ1) is 8.97. The molecule has 2 N–H and O–H groups in total. The summed E-state index contributed by atoms with van der Waals surface area (Å²) in [6, 6.07) is -0.0454. The molecule has 1 aliphatic carbocycles. The van der Waals surface area contributed by atoms with E-state index in [0.29, 0.717) is 19.4 Å². The van der Waals surface area contributed by atoms with Crippen LogP contribution in [-0.4, -0.2) is 52.1 Å². The highest BCUT2D eigenvalue weighted by atomic mass is 32.2. The number of amides is 2. The van der Waals surface area contributed by atoms with E-state index in [9.17, 15) is 9.59 Å². The number of likely N-dealkylation sites (tertiary alicyclic amines) is 1. The van der Waals surface area contributed by atoms with Gasteiger partial charge in [0.1, 0.15) is 0 Å². The number of piperidine rings is 1. The van der Waals surface area contributed by atoms with E-state index in [0.717, 1.165) is 6.54 Å². The highest BCUT2D eigenvalue weighted by Crippen LogP contribution is 2.46. The van der Waals surface area contributed by atoms with Crippen LogP contribution in [0, 0.1) is 5.92 Å². The second-order valence-electron chi connectivity index (χ2n) is 5.65. The highest BCUT2D eigenvalue weighted by Gasteiger charge is 2.42. The van der Waals surface area contributed by atoms with Crippen molar-refractivity contribution in [3.8, 4) is 0 Å². The van der Waals surface area contributed by atoms with Crippen molar-refractivity contribution in [3.63, 3.8) is 0 Å². The normalized spacial score (nSPS) is 28.8. The maximum Gasteiger partial charge on any atom is 0.317 e. The van der Waals surface area contributed by atoms with E-state index in [1.54, 1.807) is 4.90 Å². The van der Waals surface area contributed by atoms with E-state index in [1.165, 1.54) is 12.8 Å². The average molecular weight is 286 g/mol. The van der Waals surface area contributed by atoms with Crippen LogP contribution in [-0.2, 0) is 4.79 Å². The van der Waals surface area contributed by atoms with Crippen molar-refractivity contribution in [3.05, 3.63) is 0 Å². The number of urea groups is 1. The molecule has 0 radical (unpaired) electrons. The minimum absolute atomic E-state index is 0.000664. The zero-order valence-corrected chi connectivity index (χ0v) is 12.3. The molecule has 0 aromatic carbocycles. The smallest absolute Gasteiger partial charge is 0.317 e. The van der Waals surface area contributed by atoms with Gasteiger partial charge in [0.05, 0.1) is 5.92 Å². The Bertz CT molecular complexity index is 371. The molecule has 2 amide bonds. The molecule has 0 aromatic rings. The summed E-state index contributed by atoms with van der Waals surface area (Å²) >= 11 is 1.82. The molecule has 2 unspecified atom stereocenters. The summed E-state index contributed by atoms with van der Waals surface area (Å²) in [5.74, 6) is -1.05. The van der Waals surface area contributed by atoms with Gasteiger partial charge in [-0.25, -0.2) is 4.79 Å². The van der Waals surface area contributed by atoms with Crippen LogP contribution in [0.15, 0.2) is 0 Å². The molecular formula is C13H22N2O3S. The second-order valence-corrected chi connectivity index (χ2v) is 6.92. The van der Waals surface area contributed by atoms with Gasteiger partial charge < -0.3 is 15.3 Å². The number of carbonyl (C=O) groups excluding carboxylic acids is 1. The lowest BCUT2D eigenvalue weighted by atomic mass is 9.92. The van der Waals surface area contributed by atoms with Crippen molar-refractivity contribution in [1.29, 1.82) is 0 Å². The Hall–Kier alpha value is -0.910. The molecule has 1 aliphatic heterocycles. The van der Waals surface area contributed by atoms with E-state index < -0.39 is 5.97 Å². The van der Waals surface area contributed by atoms with Gasteiger partial charge in [0.25, 0.3) is 0 Å². The van der Waals surface area contributed by atoms with Crippen LogP contribution in [0.3, 0.4) is 0 Å². The summed E-state index contributed by atoms with van der Waals surface area (Å²) in [7, 11) is 0. The summed E-state index contributed by atoms with van der Waals surface area (Å²) in [6.45, 7) is 3.19. The van der Waals surface area contributed by atoms with E-state index in [1.807, 2.05) is 18.7 Å². The first-order valence-corrected chi connectivity index (χ1v) is 8.02. The van der Waals surface area contributed by atoms with Crippen molar-refractivity contribution >= 4 is 23.8 Å². The highest BCUT2D eigenvalue weighted by molar-refractivity contribution is 8.00. The minimum Gasteiger partial charge on any atom is -0.481 e. The van der Waals surface area contributed by atoms with Crippen LogP contribution >= 0.6 is 11.8 Å². The first kappa shape index (κ1) is 14.5. The third kappa shape index (κ3) is 3.35. The zero-order chi connectivity index (χ0) is 14.0. The van der Waals surface area contributed by atoms with Crippen molar-refractivity contribution in [2.45, 2.75) is 43.4 Å². The van der Waals surface area contributed by atoms with E-state index in [4.69, 9.17) is 5.11 Å². The summed E-state index contributed by atoms with van der Waals surface area (Å²) in [5.41, 5.74) is 0. The number of carbonyl (C=O) groups is 2. The van der Waals surface area contributed by atoms with Crippen LogP contribution in [0.4, 0.5) is 4.79 Å². The molecule has 1 heterocycles. The number of thioether (sulfide) groups is 1. The molecule has 2 rings (SSSR count). The van der Waals surface area contributed by atoms with Crippen LogP contribution in [0.25, 0.3) is 0 Å². The van der Waals surface area contributed by atoms with Crippen molar-refractivity contribution in [1.82, 2.24) is 10.2 Å². The van der Waals surface area contributed by atoms with E-state index >= 15 is 0 Å². The monoisotopic (exact) mass is 286 g/mol. The third-order valence-corrected chi connectivity index (χ3v) is 5.71. The van der Waals surface area contributed by atoms with Gasteiger partial charge in [0, 0.05) is 23.9 Å². The van der Waals surface area contributed by atoms with Gasteiger partial charge in [0.2, 0.25) is 0 Å². The molecule has 1 saturated carbocycles. The lowest BCUT2D eigenvalue weighted by Crippen LogP contribution is -2.51. The fourth-order valence-electron chi connectivity index (χ4n) is 2.63. The Morgan fingerprint density at radius 2 is 2.16 bits per heavy atom. The Morgan fingerprint density at radius 1 is 1.47 bits per heavy atom. The Morgan fingerprint density at radius 3 is 2.63 bits per heavy atom. The molecule has 0 aromatic heterocycles. The van der Waals surface area contributed by atoms with Crippen LogP contribution < -0.4 is 5.32 Å². The van der Waals surface area contributed by atoms with Gasteiger partial charge in [-0.1, -0.05) is 0 Å². The average Bonchev–Trinajstić information content (AvgIpc) is 3.16. The molecule has 6 heteroatoms. The van der Waals surface area contributed by atoms with Gasteiger partial charge in [-0.3, -0.25) is 4.79 Å². The minimum atomic E-state index is -0.744. The molecule has 2 fully saturated rings. The molecule has 0 spiro atoms. The standard InChI is InChI=1S/C13H22N2O3S/c1-9-7-10(11(16)17)3-6-15(9)12(18)14-8-13(19-2)4-5-13/h9-10H,3-8H2,1-2H3,(H,14,18)(H,16,17). The van der Waals surface area contributed by atoms with Gasteiger partial charge >= 0.3 is 12.0 Å². The quantitative estimate of drug-likeness (QED) is 0.826. The van der Waals surface area contributed by atoms with Crippen LogP contribution in [0.1, 0.15) is 32.6 Å². The molecule has 2 atom stereocenters. The van der Waals surface area contributed by atoms with Crippen molar-refractivity contribution in [2.24, 2.45) is 5.92 Å². The maximum atomic E-state index is 12.1. The summed E-state index contributed by atoms with van der Waals surface area (Å²) in [5, 5.41) is 12.0. The zero-order valence-electron chi connectivity index (χ0n) is 11.5. The third-order valence-electron chi connectivity index (χ3n) is 4.29. The molecule has 19 heavy (non-hydrogen) atoms. The molecule has 5 nitrogen and oxygen atoms in total. The number of hydrogen-bond donors (Lipinski definition) is 2. The molecule has 108 valence electrons. The lowest BCUT2D eigenvalue weighted by Gasteiger charge is -2.36. The number of rotatable bonds is 4. The molecule has 1 saturated heterocycles. The number of nitrogens with zero attached hydrogens (tertiary/aromatic N) is 1. The number of hydrogen-bond acceptors (Lipinski definition) is 3. The largest absolute Gasteiger partial charge is 0.481 e. The summed E-state index contributed by atoms with van der Waals surface area (Å²) in [6.07, 6.45) is 5.54. The fraction of sp³-hybridized carbons (Fsp3) is 0.846. The Kier molecular flexibility index (Phi) is 4.28. The van der Waals surface area contributed by atoms with Crippen LogP contribution in [0.2, 0.25) is 0 Å². The number of carboxylic acid groups (broad SMARTS) is 1. The van der Waals surface area contributed by atoms with Gasteiger partial charge in [-0.2, -0.15) is 11.8 Å². The van der Waals surface area contributed by atoms with E-state index in [-0.39, 0.29) is 22.7 Å². The predicted molar refractivity (Wildman–Crippen MR) is 75.4 cm³/mol. The first-order valence-electron chi connectivity index (χ1n) is 6.80. The van der Waals surface area contributed by atoms with E-state index in [2.05, 4.69) is 11.6 Å². The SMILES string of the molecule is CSC1(CNC(=O)N2CCC(C(=O)O)CC2C)CC1. The topological polar surface area (TPSA) is 69.6 Å².